The highest BCUT2D eigenvalue weighted by Crippen LogP contribution is 2.17. The Kier molecular flexibility index (Phi) is 4.49. The minimum atomic E-state index is -2.94. The summed E-state index contributed by atoms with van der Waals surface area (Å²) in [7, 11) is -1.99. The van der Waals surface area contributed by atoms with Gasteiger partial charge in [-0.1, -0.05) is 0 Å². The Balaban J connectivity index is 2.41. The van der Waals surface area contributed by atoms with Crippen molar-refractivity contribution in [3.05, 3.63) is 23.8 Å². The van der Waals surface area contributed by atoms with Crippen molar-refractivity contribution in [1.29, 1.82) is 0 Å². The molecule has 0 unspecified atom stereocenters. The van der Waals surface area contributed by atoms with Crippen LogP contribution in [0.5, 0.6) is 0 Å². The molecule has 0 bridgehead atoms. The van der Waals surface area contributed by atoms with Crippen LogP contribution in [0.2, 0.25) is 0 Å². The van der Waals surface area contributed by atoms with Gasteiger partial charge in [0.25, 0.3) is 0 Å². The average Bonchev–Trinajstić information content (AvgIpc) is 2.17. The van der Waals surface area contributed by atoms with Crippen molar-refractivity contribution >= 4 is 31.0 Å². The quantitative estimate of drug-likeness (QED) is 0.479. The molecule has 1 aromatic rings. The maximum absolute atomic E-state index is 10.9. The average molecular weight is 260 g/mol. The molecule has 4 nitrogen and oxygen atoms in total. The molecule has 0 heterocycles. The molecular weight excluding hydrogens is 244 g/mol. The molecule has 6 heteroatoms. The summed E-state index contributed by atoms with van der Waals surface area (Å²) in [5.41, 5.74) is 8.42. The summed E-state index contributed by atoms with van der Waals surface area (Å²) in [4.78, 5) is 0. The van der Waals surface area contributed by atoms with Crippen molar-refractivity contribution in [1.82, 2.24) is 0 Å². The Morgan fingerprint density at radius 2 is 2.12 bits per heavy atom. The number of aryl methyl sites for hydroxylation is 1. The lowest BCUT2D eigenvalue weighted by atomic mass is 10.2. The third-order valence-corrected chi connectivity index (χ3v) is 4.58. The Labute approximate surface area is 99.9 Å². The van der Waals surface area contributed by atoms with Gasteiger partial charge in [-0.3, -0.25) is 0 Å². The zero-order valence-corrected chi connectivity index (χ0v) is 11.0. The summed E-state index contributed by atoms with van der Waals surface area (Å²) in [6.07, 6.45) is 1.21. The van der Waals surface area contributed by atoms with Crippen LogP contribution in [0.25, 0.3) is 0 Å². The van der Waals surface area contributed by atoms with Crippen LogP contribution in [0.15, 0.2) is 18.2 Å². The lowest BCUT2D eigenvalue weighted by Crippen LogP contribution is -2.06. The van der Waals surface area contributed by atoms with Gasteiger partial charge in [-0.2, -0.15) is 0 Å². The molecule has 0 aliphatic rings. The van der Waals surface area contributed by atoms with Gasteiger partial charge in [0, 0.05) is 29.9 Å². The van der Waals surface area contributed by atoms with E-state index in [0.717, 1.165) is 27.7 Å². The monoisotopic (exact) mass is 260 g/mol. The SMILES string of the molecule is Cc1cc(NCCSS(C)(=O)=O)ccc1N. The molecule has 90 valence electrons. The molecule has 0 atom stereocenters. The van der Waals surface area contributed by atoms with Gasteiger partial charge < -0.3 is 11.1 Å². The maximum Gasteiger partial charge on any atom is 0.198 e. The van der Waals surface area contributed by atoms with Crippen molar-refractivity contribution in [3.8, 4) is 0 Å². The second-order valence-corrected chi connectivity index (χ2v) is 8.10. The maximum atomic E-state index is 10.9. The van der Waals surface area contributed by atoms with E-state index in [9.17, 15) is 8.42 Å². The van der Waals surface area contributed by atoms with E-state index >= 15 is 0 Å². The normalized spacial score (nSPS) is 11.4. The van der Waals surface area contributed by atoms with Crippen LogP contribution in [0.1, 0.15) is 5.56 Å². The molecule has 0 amide bonds. The molecule has 3 N–H and O–H groups in total. The van der Waals surface area contributed by atoms with Gasteiger partial charge in [0.15, 0.2) is 8.87 Å². The van der Waals surface area contributed by atoms with E-state index in [2.05, 4.69) is 5.32 Å². The topological polar surface area (TPSA) is 72.2 Å². The van der Waals surface area contributed by atoms with Crippen LogP contribution >= 0.6 is 10.8 Å². The van der Waals surface area contributed by atoms with E-state index in [1.165, 1.54) is 6.26 Å². The molecule has 1 rings (SSSR count). The summed E-state index contributed by atoms with van der Waals surface area (Å²) < 4.78 is 21.7. The summed E-state index contributed by atoms with van der Waals surface area (Å²) in [6, 6.07) is 5.66. The Morgan fingerprint density at radius 1 is 1.44 bits per heavy atom. The van der Waals surface area contributed by atoms with Crippen LogP contribution in [-0.2, 0) is 8.87 Å². The number of nitrogens with two attached hydrogens (primary N) is 1. The number of nitrogens with one attached hydrogen (secondary N) is 1. The number of rotatable bonds is 5. The number of benzene rings is 1. The van der Waals surface area contributed by atoms with Crippen LogP contribution in [0, 0.1) is 6.92 Å². The molecule has 16 heavy (non-hydrogen) atoms. The minimum absolute atomic E-state index is 0.530. The fourth-order valence-electron chi connectivity index (χ4n) is 1.17. The highest BCUT2D eigenvalue weighted by atomic mass is 33.1. The van der Waals surface area contributed by atoms with Gasteiger partial charge in [0.1, 0.15) is 0 Å². The smallest absolute Gasteiger partial charge is 0.198 e. The van der Waals surface area contributed by atoms with Crippen LogP contribution in [0.3, 0.4) is 0 Å². The van der Waals surface area contributed by atoms with Gasteiger partial charge in [-0.05, 0) is 41.5 Å². The first kappa shape index (κ1) is 13.2. The zero-order chi connectivity index (χ0) is 12.2. The lowest BCUT2D eigenvalue weighted by molar-refractivity contribution is 0.615. The summed E-state index contributed by atoms with van der Waals surface area (Å²) in [6.45, 7) is 2.55. The molecule has 0 saturated heterocycles. The van der Waals surface area contributed by atoms with Crippen molar-refractivity contribution in [2.75, 3.05) is 29.6 Å². The fourth-order valence-corrected chi connectivity index (χ4v) is 2.82. The fraction of sp³-hybridized carbons (Fsp3) is 0.400. The third-order valence-electron chi connectivity index (χ3n) is 2.00. The standard InChI is InChI=1S/C10H16N2O2S2/c1-8-7-9(3-4-10(8)11)12-5-6-15-16(2,13)14/h3-4,7,12H,5-6,11H2,1-2H3. The van der Waals surface area contributed by atoms with E-state index in [1.807, 2.05) is 25.1 Å². The van der Waals surface area contributed by atoms with Crippen LogP contribution in [0.4, 0.5) is 11.4 Å². The number of anilines is 2. The molecule has 0 aliphatic heterocycles. The molecule has 0 aliphatic carbocycles. The van der Waals surface area contributed by atoms with E-state index in [-0.39, 0.29) is 0 Å². The number of hydrogen-bond acceptors (Lipinski definition) is 5. The first-order valence-electron chi connectivity index (χ1n) is 4.83. The zero-order valence-electron chi connectivity index (χ0n) is 9.36. The molecule has 0 fully saturated rings. The van der Waals surface area contributed by atoms with E-state index in [4.69, 9.17) is 5.73 Å². The van der Waals surface area contributed by atoms with E-state index in [1.54, 1.807) is 0 Å². The predicted molar refractivity (Wildman–Crippen MR) is 71.4 cm³/mol. The van der Waals surface area contributed by atoms with Crippen molar-refractivity contribution < 1.29 is 8.42 Å². The molecular formula is C10H16N2O2S2. The molecule has 0 spiro atoms. The lowest BCUT2D eigenvalue weighted by Gasteiger charge is -2.07. The van der Waals surface area contributed by atoms with Crippen LogP contribution in [-0.4, -0.2) is 27.0 Å². The second kappa shape index (κ2) is 5.45. The summed E-state index contributed by atoms with van der Waals surface area (Å²) >= 11 is 0. The predicted octanol–water partition coefficient (Wildman–Crippen LogP) is 1.68. The molecule has 0 radical (unpaired) electrons. The summed E-state index contributed by atoms with van der Waals surface area (Å²) in [5, 5.41) is 3.14. The first-order valence-corrected chi connectivity index (χ1v) is 8.22. The highest BCUT2D eigenvalue weighted by Gasteiger charge is 2.02. The van der Waals surface area contributed by atoms with Gasteiger partial charge in [0.2, 0.25) is 0 Å². The molecule has 1 aromatic carbocycles. The number of nitrogen functional groups attached to an aromatic ring is 1. The summed E-state index contributed by atoms with van der Waals surface area (Å²) in [5.74, 6) is 0.530. The van der Waals surface area contributed by atoms with Gasteiger partial charge in [-0.25, -0.2) is 8.42 Å². The third kappa shape index (κ3) is 4.76. The first-order chi connectivity index (χ1) is 7.38. The van der Waals surface area contributed by atoms with Crippen LogP contribution < -0.4 is 11.1 Å². The number of hydrogen-bond donors (Lipinski definition) is 2. The molecule has 0 aromatic heterocycles. The van der Waals surface area contributed by atoms with Crippen molar-refractivity contribution in [3.63, 3.8) is 0 Å². The minimum Gasteiger partial charge on any atom is -0.399 e. The van der Waals surface area contributed by atoms with Gasteiger partial charge in [0.05, 0.1) is 0 Å². The molecule has 0 saturated carbocycles. The highest BCUT2D eigenvalue weighted by molar-refractivity contribution is 8.71. The van der Waals surface area contributed by atoms with Gasteiger partial charge >= 0.3 is 0 Å². The van der Waals surface area contributed by atoms with Crippen molar-refractivity contribution in [2.45, 2.75) is 6.92 Å². The van der Waals surface area contributed by atoms with Crippen molar-refractivity contribution in [2.24, 2.45) is 0 Å². The largest absolute Gasteiger partial charge is 0.399 e. The Hall–Kier alpha value is -0.880. The Bertz CT molecular complexity index is 458. The Morgan fingerprint density at radius 3 is 2.69 bits per heavy atom. The van der Waals surface area contributed by atoms with E-state index < -0.39 is 8.87 Å². The van der Waals surface area contributed by atoms with E-state index in [0.29, 0.717) is 12.3 Å². The van der Waals surface area contributed by atoms with Gasteiger partial charge in [-0.15, -0.1) is 0 Å². The second-order valence-electron chi connectivity index (χ2n) is 3.52.